The van der Waals surface area contributed by atoms with Gasteiger partial charge in [0.2, 0.25) is 0 Å². The minimum Gasteiger partial charge on any atom is -0.488 e. The Bertz CT molecular complexity index is 1410. The highest BCUT2D eigenvalue weighted by Gasteiger charge is 2.30. The molecule has 0 unspecified atom stereocenters. The fourth-order valence-corrected chi connectivity index (χ4v) is 5.17. The zero-order valence-corrected chi connectivity index (χ0v) is 23.7. The summed E-state index contributed by atoms with van der Waals surface area (Å²) >= 11 is 17.0. The number of hydrogen-bond acceptors (Lipinski definition) is 6. The van der Waals surface area contributed by atoms with Crippen LogP contribution in [0.1, 0.15) is 28.4 Å². The number of amides is 1. The molecule has 3 aromatic carbocycles. The molecular formula is C27H21BrCl2N2O4S. The lowest BCUT2D eigenvalue weighted by Gasteiger charge is -2.11. The molecular weight excluding hydrogens is 599 g/mol. The van der Waals surface area contributed by atoms with Gasteiger partial charge in [0, 0.05) is 32.7 Å². The van der Waals surface area contributed by atoms with E-state index in [1.54, 1.807) is 56.4 Å². The van der Waals surface area contributed by atoms with E-state index in [-0.39, 0.29) is 18.5 Å². The van der Waals surface area contributed by atoms with Crippen molar-refractivity contribution in [2.24, 2.45) is 4.99 Å². The highest BCUT2D eigenvalue weighted by atomic mass is 79.9. The second-order valence-corrected chi connectivity index (χ2v) is 10.6. The lowest BCUT2D eigenvalue weighted by atomic mass is 10.1. The molecule has 10 heteroatoms. The predicted octanol–water partition coefficient (Wildman–Crippen LogP) is 7.75. The SMILES string of the molecule is CCOC(=O)c1ccc(N=C2SC(=Cc3cc(Br)ccc3OCc3ccc(Cl)cc3Cl)C(=O)N2C)cc1. The molecule has 1 saturated heterocycles. The normalized spacial score (nSPS) is 15.5. The Morgan fingerprint density at radius 2 is 1.86 bits per heavy atom. The first-order valence-corrected chi connectivity index (χ1v) is 13.5. The van der Waals surface area contributed by atoms with Crippen LogP contribution in [0.4, 0.5) is 5.69 Å². The maximum atomic E-state index is 13.0. The Hall–Kier alpha value is -2.78. The summed E-state index contributed by atoms with van der Waals surface area (Å²) in [5.41, 5.74) is 2.57. The minimum absolute atomic E-state index is 0.182. The van der Waals surface area contributed by atoms with Gasteiger partial charge in [-0.25, -0.2) is 9.79 Å². The molecule has 190 valence electrons. The van der Waals surface area contributed by atoms with Crippen molar-refractivity contribution in [2.75, 3.05) is 13.7 Å². The fraction of sp³-hybridized carbons (Fsp3) is 0.148. The zero-order valence-electron chi connectivity index (χ0n) is 19.8. The highest BCUT2D eigenvalue weighted by Crippen LogP contribution is 2.36. The summed E-state index contributed by atoms with van der Waals surface area (Å²) in [5, 5.41) is 1.59. The Labute approximate surface area is 237 Å². The van der Waals surface area contributed by atoms with Crippen LogP contribution in [-0.4, -0.2) is 35.6 Å². The summed E-state index contributed by atoms with van der Waals surface area (Å²) in [6.07, 6.45) is 1.78. The molecule has 0 aliphatic carbocycles. The Morgan fingerprint density at radius 1 is 1.11 bits per heavy atom. The summed E-state index contributed by atoms with van der Waals surface area (Å²) in [7, 11) is 1.67. The third kappa shape index (κ3) is 6.76. The third-order valence-corrected chi connectivity index (χ3v) is 7.40. The molecule has 4 rings (SSSR count). The molecule has 37 heavy (non-hydrogen) atoms. The first-order valence-electron chi connectivity index (χ1n) is 11.1. The van der Waals surface area contributed by atoms with E-state index in [1.165, 1.54) is 16.7 Å². The van der Waals surface area contributed by atoms with Crippen LogP contribution in [0.3, 0.4) is 0 Å². The number of carbonyl (C=O) groups excluding carboxylic acids is 2. The molecule has 1 aliphatic rings. The number of nitrogens with zero attached hydrogens (tertiary/aromatic N) is 2. The number of thioether (sulfide) groups is 1. The van der Waals surface area contributed by atoms with Gasteiger partial charge in [0.1, 0.15) is 12.4 Å². The maximum absolute atomic E-state index is 13.0. The molecule has 0 bridgehead atoms. The minimum atomic E-state index is -0.389. The van der Waals surface area contributed by atoms with Gasteiger partial charge in [0.15, 0.2) is 5.17 Å². The van der Waals surface area contributed by atoms with Gasteiger partial charge in [-0.15, -0.1) is 0 Å². The molecule has 6 nitrogen and oxygen atoms in total. The van der Waals surface area contributed by atoms with Crippen LogP contribution in [0.2, 0.25) is 10.0 Å². The fourth-order valence-electron chi connectivity index (χ4n) is 3.35. The van der Waals surface area contributed by atoms with Crippen molar-refractivity contribution in [3.8, 4) is 5.75 Å². The van der Waals surface area contributed by atoms with E-state index >= 15 is 0 Å². The number of esters is 1. The Morgan fingerprint density at radius 3 is 2.57 bits per heavy atom. The van der Waals surface area contributed by atoms with E-state index in [9.17, 15) is 9.59 Å². The molecule has 1 amide bonds. The van der Waals surface area contributed by atoms with Crippen molar-refractivity contribution >= 4 is 79.7 Å². The quantitative estimate of drug-likeness (QED) is 0.200. The average Bonchev–Trinajstić information content (AvgIpc) is 3.12. The number of benzene rings is 3. The van der Waals surface area contributed by atoms with Gasteiger partial charge in [-0.3, -0.25) is 9.69 Å². The summed E-state index contributed by atoms with van der Waals surface area (Å²) in [6.45, 7) is 2.30. The van der Waals surface area contributed by atoms with Crippen molar-refractivity contribution in [1.29, 1.82) is 0 Å². The number of aliphatic imine (C=N–C) groups is 1. The van der Waals surface area contributed by atoms with Crippen LogP contribution in [0.15, 0.2) is 75.0 Å². The van der Waals surface area contributed by atoms with Crippen molar-refractivity contribution in [3.63, 3.8) is 0 Å². The van der Waals surface area contributed by atoms with Gasteiger partial charge in [-0.1, -0.05) is 45.2 Å². The van der Waals surface area contributed by atoms with E-state index in [0.29, 0.717) is 43.7 Å². The topological polar surface area (TPSA) is 68.2 Å². The monoisotopic (exact) mass is 618 g/mol. The maximum Gasteiger partial charge on any atom is 0.338 e. The standard InChI is InChI=1S/C27H21BrCl2N2O4S/c1-3-35-26(34)16-5-9-21(10-6-16)31-27-32(2)25(33)24(37-27)13-18-12-19(28)7-11-23(18)36-15-17-4-8-20(29)14-22(17)30/h4-14H,3,15H2,1-2H3. The van der Waals surface area contributed by atoms with Gasteiger partial charge in [0.25, 0.3) is 5.91 Å². The zero-order chi connectivity index (χ0) is 26.5. The number of carbonyl (C=O) groups is 2. The Kier molecular flexibility index (Phi) is 8.97. The van der Waals surface area contributed by atoms with Crippen LogP contribution < -0.4 is 4.74 Å². The summed E-state index contributed by atoms with van der Waals surface area (Å²) < 4.78 is 11.9. The molecule has 0 N–H and O–H groups in total. The van der Waals surface area contributed by atoms with Crippen LogP contribution in [0, 0.1) is 0 Å². The molecule has 0 radical (unpaired) electrons. The second-order valence-electron chi connectivity index (χ2n) is 7.84. The number of amidine groups is 1. The first-order chi connectivity index (χ1) is 17.7. The molecule has 1 aliphatic heterocycles. The Balaban J connectivity index is 1.55. The average molecular weight is 620 g/mol. The summed E-state index contributed by atoms with van der Waals surface area (Å²) in [6, 6.07) is 17.5. The lowest BCUT2D eigenvalue weighted by Crippen LogP contribution is -2.23. The van der Waals surface area contributed by atoms with Gasteiger partial charge in [-0.05, 0) is 79.4 Å². The second kappa shape index (κ2) is 12.2. The largest absolute Gasteiger partial charge is 0.488 e. The summed E-state index contributed by atoms with van der Waals surface area (Å²) in [5.74, 6) is 0.0242. The third-order valence-electron chi connectivity index (χ3n) is 5.26. The molecule has 1 heterocycles. The lowest BCUT2D eigenvalue weighted by molar-refractivity contribution is -0.121. The van der Waals surface area contributed by atoms with Gasteiger partial charge >= 0.3 is 5.97 Å². The van der Waals surface area contributed by atoms with Crippen molar-refractivity contribution in [3.05, 3.63) is 96.8 Å². The summed E-state index contributed by atoms with van der Waals surface area (Å²) in [4.78, 5) is 31.4. The molecule has 1 fully saturated rings. The number of halogens is 3. The molecule has 0 aromatic heterocycles. The van der Waals surface area contributed by atoms with Crippen molar-refractivity contribution < 1.29 is 19.1 Å². The number of hydrogen-bond donors (Lipinski definition) is 0. The van der Waals surface area contributed by atoms with Crippen molar-refractivity contribution in [1.82, 2.24) is 4.90 Å². The molecule has 0 atom stereocenters. The smallest absolute Gasteiger partial charge is 0.338 e. The number of rotatable bonds is 7. The van der Waals surface area contributed by atoms with Crippen LogP contribution in [0.5, 0.6) is 5.75 Å². The van der Waals surface area contributed by atoms with Crippen LogP contribution >= 0.6 is 50.9 Å². The highest BCUT2D eigenvalue weighted by molar-refractivity contribution is 9.10. The van der Waals surface area contributed by atoms with E-state index in [0.717, 1.165) is 15.6 Å². The molecule has 0 saturated carbocycles. The van der Waals surface area contributed by atoms with Crippen LogP contribution in [-0.2, 0) is 16.1 Å². The predicted molar refractivity (Wildman–Crippen MR) is 153 cm³/mol. The number of likely N-dealkylation sites (N-methyl/N-ethyl adjacent to an activating group) is 1. The number of ether oxygens (including phenoxy) is 2. The van der Waals surface area contributed by atoms with E-state index in [1.807, 2.05) is 24.3 Å². The van der Waals surface area contributed by atoms with E-state index in [4.69, 9.17) is 32.7 Å². The molecule has 3 aromatic rings. The van der Waals surface area contributed by atoms with Crippen LogP contribution in [0.25, 0.3) is 6.08 Å². The van der Waals surface area contributed by atoms with E-state index < -0.39 is 0 Å². The van der Waals surface area contributed by atoms with Gasteiger partial charge in [-0.2, -0.15) is 0 Å². The first kappa shape index (κ1) is 27.3. The van der Waals surface area contributed by atoms with Gasteiger partial charge < -0.3 is 9.47 Å². The van der Waals surface area contributed by atoms with E-state index in [2.05, 4.69) is 20.9 Å². The van der Waals surface area contributed by atoms with Crippen molar-refractivity contribution in [2.45, 2.75) is 13.5 Å². The molecule has 0 spiro atoms. The van der Waals surface area contributed by atoms with Gasteiger partial charge in [0.05, 0.1) is 22.8 Å².